The summed E-state index contributed by atoms with van der Waals surface area (Å²) in [7, 11) is 0. The Morgan fingerprint density at radius 2 is 1.79 bits per heavy atom. The van der Waals surface area contributed by atoms with Crippen molar-refractivity contribution in [2.24, 2.45) is 0 Å². The maximum atomic E-state index is 12.1. The summed E-state index contributed by atoms with van der Waals surface area (Å²) in [6.45, 7) is 4.03. The molecule has 0 atom stereocenters. The summed E-state index contributed by atoms with van der Waals surface area (Å²) in [5.41, 5.74) is 3.86. The van der Waals surface area contributed by atoms with Crippen molar-refractivity contribution in [3.8, 4) is 0 Å². The van der Waals surface area contributed by atoms with Crippen molar-refractivity contribution in [3.05, 3.63) is 75.8 Å². The highest BCUT2D eigenvalue weighted by molar-refractivity contribution is 6.32. The van der Waals surface area contributed by atoms with Crippen LogP contribution in [0, 0.1) is 13.8 Å². The van der Waals surface area contributed by atoms with Crippen LogP contribution in [0.5, 0.6) is 0 Å². The Balaban J connectivity index is 2.21. The molecule has 1 nitrogen and oxygen atoms in total. The van der Waals surface area contributed by atoms with Gasteiger partial charge in [-0.25, -0.2) is 0 Å². The zero-order valence-electron chi connectivity index (χ0n) is 11.0. The summed E-state index contributed by atoms with van der Waals surface area (Å²) in [5.74, 6) is -0.0111. The van der Waals surface area contributed by atoms with Gasteiger partial charge in [0.1, 0.15) is 0 Å². The Hall–Kier alpha value is -1.86. The Morgan fingerprint density at radius 3 is 2.47 bits per heavy atom. The van der Waals surface area contributed by atoms with Crippen LogP contribution in [0.2, 0.25) is 5.02 Å². The summed E-state index contributed by atoms with van der Waals surface area (Å²) >= 11 is 6.04. The zero-order valence-corrected chi connectivity index (χ0v) is 11.7. The second-order valence-corrected chi connectivity index (χ2v) is 4.93. The van der Waals surface area contributed by atoms with Crippen LogP contribution in [0.1, 0.15) is 27.0 Å². The molecule has 0 saturated heterocycles. The number of benzene rings is 2. The van der Waals surface area contributed by atoms with Crippen molar-refractivity contribution < 1.29 is 4.79 Å². The molecule has 0 fully saturated rings. The summed E-state index contributed by atoms with van der Waals surface area (Å²) in [5, 5.41) is 0.645. The van der Waals surface area contributed by atoms with E-state index in [4.69, 9.17) is 11.6 Å². The number of hydrogen-bond donors (Lipinski definition) is 0. The van der Waals surface area contributed by atoms with Gasteiger partial charge in [0.2, 0.25) is 0 Å². The largest absolute Gasteiger partial charge is 0.289 e. The van der Waals surface area contributed by atoms with Gasteiger partial charge in [-0.2, -0.15) is 0 Å². The standard InChI is InChI=1S/C17H15ClO/c1-12-7-8-15(11-13(12)2)17(19)10-9-14-5-3-4-6-16(14)18/h3-11H,1-2H3/b10-9+. The van der Waals surface area contributed by atoms with E-state index in [0.717, 1.165) is 11.1 Å². The molecule has 2 rings (SSSR count). The Morgan fingerprint density at radius 1 is 1.05 bits per heavy atom. The second kappa shape index (κ2) is 5.85. The number of carbonyl (C=O) groups is 1. The Labute approximate surface area is 118 Å². The van der Waals surface area contributed by atoms with E-state index >= 15 is 0 Å². The molecule has 0 aromatic heterocycles. The van der Waals surface area contributed by atoms with E-state index in [9.17, 15) is 4.79 Å². The molecule has 96 valence electrons. The average Bonchev–Trinajstić information content (AvgIpc) is 2.40. The first-order valence-electron chi connectivity index (χ1n) is 6.12. The minimum absolute atomic E-state index is 0.0111. The van der Waals surface area contributed by atoms with Gasteiger partial charge < -0.3 is 0 Å². The normalized spacial score (nSPS) is 10.9. The quantitative estimate of drug-likeness (QED) is 0.575. The fraction of sp³-hybridized carbons (Fsp3) is 0.118. The van der Waals surface area contributed by atoms with Crippen LogP contribution < -0.4 is 0 Å². The van der Waals surface area contributed by atoms with Crippen LogP contribution in [0.25, 0.3) is 6.08 Å². The summed E-state index contributed by atoms with van der Waals surface area (Å²) < 4.78 is 0. The molecule has 0 unspecified atom stereocenters. The molecule has 0 aliphatic carbocycles. The predicted octanol–water partition coefficient (Wildman–Crippen LogP) is 4.85. The lowest BCUT2D eigenvalue weighted by molar-refractivity contribution is 0.104. The van der Waals surface area contributed by atoms with Crippen molar-refractivity contribution in [1.82, 2.24) is 0 Å². The molecular formula is C17H15ClO. The van der Waals surface area contributed by atoms with Gasteiger partial charge in [-0.05, 0) is 54.8 Å². The molecule has 2 aromatic carbocycles. The molecule has 19 heavy (non-hydrogen) atoms. The highest BCUT2D eigenvalue weighted by atomic mass is 35.5. The molecule has 0 N–H and O–H groups in total. The van der Waals surface area contributed by atoms with Crippen molar-refractivity contribution in [2.45, 2.75) is 13.8 Å². The molecule has 0 spiro atoms. The van der Waals surface area contributed by atoms with Crippen LogP contribution >= 0.6 is 11.6 Å². The minimum atomic E-state index is -0.0111. The molecule has 0 heterocycles. The third-order valence-electron chi connectivity index (χ3n) is 3.11. The van der Waals surface area contributed by atoms with Crippen LogP contribution in [-0.2, 0) is 0 Å². The molecule has 0 bridgehead atoms. The van der Waals surface area contributed by atoms with Crippen LogP contribution in [-0.4, -0.2) is 5.78 Å². The number of carbonyl (C=O) groups excluding carboxylic acids is 1. The Kier molecular flexibility index (Phi) is 4.18. The van der Waals surface area contributed by atoms with Gasteiger partial charge in [0, 0.05) is 10.6 Å². The minimum Gasteiger partial charge on any atom is -0.289 e. The third-order valence-corrected chi connectivity index (χ3v) is 3.46. The molecule has 0 radical (unpaired) electrons. The van der Waals surface area contributed by atoms with E-state index in [1.54, 1.807) is 12.2 Å². The fourth-order valence-electron chi connectivity index (χ4n) is 1.77. The van der Waals surface area contributed by atoms with Crippen molar-refractivity contribution in [1.29, 1.82) is 0 Å². The van der Waals surface area contributed by atoms with E-state index in [1.807, 2.05) is 56.3 Å². The van der Waals surface area contributed by atoms with Gasteiger partial charge in [-0.15, -0.1) is 0 Å². The number of aryl methyl sites for hydroxylation is 2. The van der Waals surface area contributed by atoms with Gasteiger partial charge in [0.25, 0.3) is 0 Å². The van der Waals surface area contributed by atoms with E-state index in [1.165, 1.54) is 5.56 Å². The highest BCUT2D eigenvalue weighted by Crippen LogP contribution is 2.17. The topological polar surface area (TPSA) is 17.1 Å². The number of hydrogen-bond acceptors (Lipinski definition) is 1. The summed E-state index contributed by atoms with van der Waals surface area (Å²) in [6.07, 6.45) is 3.31. The average molecular weight is 271 g/mol. The van der Waals surface area contributed by atoms with Crippen LogP contribution in [0.15, 0.2) is 48.5 Å². The lowest BCUT2D eigenvalue weighted by Crippen LogP contribution is -1.95. The summed E-state index contributed by atoms with van der Waals surface area (Å²) in [4.78, 5) is 12.1. The number of halogens is 1. The smallest absolute Gasteiger partial charge is 0.185 e. The number of allylic oxidation sites excluding steroid dienone is 1. The van der Waals surface area contributed by atoms with Crippen molar-refractivity contribution in [2.75, 3.05) is 0 Å². The molecule has 0 amide bonds. The first-order chi connectivity index (χ1) is 9.08. The van der Waals surface area contributed by atoms with Crippen molar-refractivity contribution >= 4 is 23.5 Å². The van der Waals surface area contributed by atoms with Crippen molar-refractivity contribution in [3.63, 3.8) is 0 Å². The third kappa shape index (κ3) is 3.33. The zero-order chi connectivity index (χ0) is 13.8. The number of ketones is 1. The lowest BCUT2D eigenvalue weighted by atomic mass is 10.0. The van der Waals surface area contributed by atoms with E-state index in [0.29, 0.717) is 10.6 Å². The molecule has 0 aliphatic heterocycles. The SMILES string of the molecule is Cc1ccc(C(=O)/C=C/c2ccccc2Cl)cc1C. The molecule has 0 aliphatic rings. The van der Waals surface area contributed by atoms with E-state index in [2.05, 4.69) is 0 Å². The summed E-state index contributed by atoms with van der Waals surface area (Å²) in [6, 6.07) is 13.2. The van der Waals surface area contributed by atoms with Crippen LogP contribution in [0.3, 0.4) is 0 Å². The monoisotopic (exact) mass is 270 g/mol. The fourth-order valence-corrected chi connectivity index (χ4v) is 1.97. The molecule has 0 saturated carbocycles. The molecule has 2 aromatic rings. The van der Waals surface area contributed by atoms with Gasteiger partial charge in [0.15, 0.2) is 5.78 Å². The van der Waals surface area contributed by atoms with E-state index in [-0.39, 0.29) is 5.78 Å². The molecule has 2 heteroatoms. The maximum absolute atomic E-state index is 12.1. The Bertz CT molecular complexity index is 641. The van der Waals surface area contributed by atoms with E-state index < -0.39 is 0 Å². The maximum Gasteiger partial charge on any atom is 0.185 e. The second-order valence-electron chi connectivity index (χ2n) is 4.52. The number of rotatable bonds is 3. The van der Waals surface area contributed by atoms with Crippen LogP contribution in [0.4, 0.5) is 0 Å². The van der Waals surface area contributed by atoms with Gasteiger partial charge in [0.05, 0.1) is 0 Å². The lowest BCUT2D eigenvalue weighted by Gasteiger charge is -2.02. The predicted molar refractivity (Wildman–Crippen MR) is 80.7 cm³/mol. The highest BCUT2D eigenvalue weighted by Gasteiger charge is 2.03. The van der Waals surface area contributed by atoms with Gasteiger partial charge in [-0.1, -0.05) is 41.9 Å². The first-order valence-corrected chi connectivity index (χ1v) is 6.50. The van der Waals surface area contributed by atoms with Gasteiger partial charge in [-0.3, -0.25) is 4.79 Å². The molecular weight excluding hydrogens is 256 g/mol. The first kappa shape index (κ1) is 13.6. The van der Waals surface area contributed by atoms with Gasteiger partial charge >= 0.3 is 0 Å².